The molecule has 0 radical (unpaired) electrons. The van der Waals surface area contributed by atoms with Gasteiger partial charge in [0.2, 0.25) is 0 Å². The molecular weight excluding hydrogens is 224 g/mol. The second kappa shape index (κ2) is 4.68. The van der Waals surface area contributed by atoms with Crippen LogP contribution in [0.15, 0.2) is 24.3 Å². The lowest BCUT2D eigenvalue weighted by Crippen LogP contribution is -2.40. The second-order valence-corrected chi connectivity index (χ2v) is 5.83. The minimum absolute atomic E-state index is 0.0300. The third kappa shape index (κ3) is 2.12. The predicted molar refractivity (Wildman–Crippen MR) is 71.8 cm³/mol. The first-order valence-electron chi connectivity index (χ1n) is 6.61. The average Bonchev–Trinajstić information content (AvgIpc) is 2.34. The van der Waals surface area contributed by atoms with Gasteiger partial charge < -0.3 is 0 Å². The smallest absolute Gasteiger partial charge is 0.170 e. The maximum atomic E-state index is 12.3. The van der Waals surface area contributed by atoms with Crippen LogP contribution in [0.2, 0.25) is 0 Å². The van der Waals surface area contributed by atoms with Gasteiger partial charge in [0.25, 0.3) is 0 Å². The van der Waals surface area contributed by atoms with Crippen molar-refractivity contribution in [2.24, 2.45) is 5.92 Å². The second-order valence-electron chi connectivity index (χ2n) is 5.83. The predicted octanol–water partition coefficient (Wildman–Crippen LogP) is 3.54. The minimum atomic E-state index is -0.477. The summed E-state index contributed by atoms with van der Waals surface area (Å²) in [4.78, 5) is 24.2. The van der Waals surface area contributed by atoms with E-state index in [1.807, 2.05) is 31.2 Å². The van der Waals surface area contributed by atoms with E-state index in [4.69, 9.17) is 0 Å². The number of ketones is 2. The Hall–Kier alpha value is -1.44. The van der Waals surface area contributed by atoms with Crippen LogP contribution in [0.25, 0.3) is 0 Å². The van der Waals surface area contributed by atoms with Crippen molar-refractivity contribution in [1.82, 2.24) is 0 Å². The first-order chi connectivity index (χ1) is 8.45. The summed E-state index contributed by atoms with van der Waals surface area (Å²) < 4.78 is 0. The Kier molecular flexibility index (Phi) is 3.38. The SMILES string of the molecule is CC(C)CC[C@@]1(C)C(=O)CC(=O)c2ccccc21. The number of carbonyl (C=O) groups is 2. The summed E-state index contributed by atoms with van der Waals surface area (Å²) in [5, 5.41) is 0. The van der Waals surface area contributed by atoms with Gasteiger partial charge >= 0.3 is 0 Å². The Morgan fingerprint density at radius 2 is 1.89 bits per heavy atom. The maximum absolute atomic E-state index is 12.3. The molecule has 2 rings (SSSR count). The summed E-state index contributed by atoms with van der Waals surface area (Å²) in [6.45, 7) is 6.31. The lowest BCUT2D eigenvalue weighted by Gasteiger charge is -2.34. The van der Waals surface area contributed by atoms with Gasteiger partial charge in [0.15, 0.2) is 11.6 Å². The summed E-state index contributed by atoms with van der Waals surface area (Å²) in [5.74, 6) is 0.615. The van der Waals surface area contributed by atoms with Crippen LogP contribution < -0.4 is 0 Å². The van der Waals surface area contributed by atoms with E-state index in [2.05, 4.69) is 13.8 Å². The van der Waals surface area contributed by atoms with Crippen molar-refractivity contribution in [1.29, 1.82) is 0 Å². The molecule has 1 aromatic carbocycles. The highest BCUT2D eigenvalue weighted by atomic mass is 16.2. The van der Waals surface area contributed by atoms with Gasteiger partial charge in [0.1, 0.15) is 0 Å². The minimum Gasteiger partial charge on any atom is -0.298 e. The number of Topliss-reactive ketones (excluding diaryl/α,β-unsaturated/α-hetero) is 2. The van der Waals surface area contributed by atoms with E-state index >= 15 is 0 Å². The lowest BCUT2D eigenvalue weighted by atomic mass is 9.67. The number of hydrogen-bond acceptors (Lipinski definition) is 2. The molecule has 18 heavy (non-hydrogen) atoms. The van der Waals surface area contributed by atoms with Crippen molar-refractivity contribution < 1.29 is 9.59 Å². The zero-order chi connectivity index (χ0) is 13.3. The Morgan fingerprint density at radius 1 is 1.22 bits per heavy atom. The molecule has 0 aromatic heterocycles. The molecule has 1 atom stereocenters. The van der Waals surface area contributed by atoms with E-state index in [1.165, 1.54) is 0 Å². The van der Waals surface area contributed by atoms with E-state index in [9.17, 15) is 9.59 Å². The summed E-state index contributed by atoms with van der Waals surface area (Å²) in [6, 6.07) is 7.57. The molecule has 96 valence electrons. The van der Waals surface area contributed by atoms with Crippen molar-refractivity contribution in [3.05, 3.63) is 35.4 Å². The molecule has 1 aliphatic carbocycles. The third-order valence-corrected chi connectivity index (χ3v) is 3.98. The van der Waals surface area contributed by atoms with E-state index in [0.717, 1.165) is 24.0 Å². The zero-order valence-corrected chi connectivity index (χ0v) is 11.3. The molecule has 0 N–H and O–H groups in total. The molecule has 0 amide bonds. The quantitative estimate of drug-likeness (QED) is 0.762. The van der Waals surface area contributed by atoms with Gasteiger partial charge in [-0.05, 0) is 31.2 Å². The molecule has 0 aliphatic heterocycles. The molecule has 1 aromatic rings. The third-order valence-electron chi connectivity index (χ3n) is 3.98. The number of benzene rings is 1. The van der Waals surface area contributed by atoms with E-state index in [0.29, 0.717) is 5.92 Å². The highest BCUT2D eigenvalue weighted by molar-refractivity contribution is 6.15. The molecule has 2 heteroatoms. The average molecular weight is 244 g/mol. The van der Waals surface area contributed by atoms with Crippen LogP contribution in [-0.2, 0) is 10.2 Å². The standard InChI is InChI=1S/C16H20O2/c1-11(2)8-9-16(3)13-7-5-4-6-12(13)14(17)10-15(16)18/h4-7,11H,8-10H2,1-3H3/t16-/m1/s1. The van der Waals surface area contributed by atoms with Crippen molar-refractivity contribution in [3.63, 3.8) is 0 Å². The fourth-order valence-corrected chi connectivity index (χ4v) is 2.65. The van der Waals surface area contributed by atoms with Gasteiger partial charge in [0, 0.05) is 5.56 Å². The lowest BCUT2D eigenvalue weighted by molar-refractivity contribution is -0.123. The van der Waals surface area contributed by atoms with Crippen LogP contribution >= 0.6 is 0 Å². The Bertz CT molecular complexity index is 488. The molecular formula is C16H20O2. The first-order valence-corrected chi connectivity index (χ1v) is 6.61. The Labute approximate surface area is 108 Å². The van der Waals surface area contributed by atoms with Crippen LogP contribution in [0.5, 0.6) is 0 Å². The van der Waals surface area contributed by atoms with Gasteiger partial charge in [-0.25, -0.2) is 0 Å². The molecule has 0 bridgehead atoms. The van der Waals surface area contributed by atoms with Gasteiger partial charge in [0.05, 0.1) is 11.8 Å². The van der Waals surface area contributed by atoms with Gasteiger partial charge in [-0.2, -0.15) is 0 Å². The molecule has 1 aliphatic rings. The molecule has 0 spiro atoms. The molecule has 0 saturated heterocycles. The largest absolute Gasteiger partial charge is 0.298 e. The molecule has 0 saturated carbocycles. The molecule has 2 nitrogen and oxygen atoms in total. The number of hydrogen-bond donors (Lipinski definition) is 0. The van der Waals surface area contributed by atoms with E-state index in [1.54, 1.807) is 0 Å². The fourth-order valence-electron chi connectivity index (χ4n) is 2.65. The van der Waals surface area contributed by atoms with Crippen LogP contribution in [0.1, 0.15) is 56.0 Å². The first kappa shape index (κ1) is 13.0. The summed E-state index contributed by atoms with van der Waals surface area (Å²) in [7, 11) is 0. The van der Waals surface area contributed by atoms with Crippen molar-refractivity contribution in [2.45, 2.75) is 45.4 Å². The van der Waals surface area contributed by atoms with E-state index < -0.39 is 5.41 Å². The number of rotatable bonds is 3. The molecule has 0 fully saturated rings. The van der Waals surface area contributed by atoms with E-state index in [-0.39, 0.29) is 18.0 Å². The van der Waals surface area contributed by atoms with Gasteiger partial charge in [-0.1, -0.05) is 38.1 Å². The maximum Gasteiger partial charge on any atom is 0.170 e. The Balaban J connectivity index is 2.43. The molecule has 0 heterocycles. The number of carbonyl (C=O) groups excluding carboxylic acids is 2. The fraction of sp³-hybridized carbons (Fsp3) is 0.500. The van der Waals surface area contributed by atoms with Gasteiger partial charge in [-0.15, -0.1) is 0 Å². The number of fused-ring (bicyclic) bond motifs is 1. The molecule has 0 unspecified atom stereocenters. The van der Waals surface area contributed by atoms with Crippen molar-refractivity contribution in [3.8, 4) is 0 Å². The monoisotopic (exact) mass is 244 g/mol. The Morgan fingerprint density at radius 3 is 2.56 bits per heavy atom. The van der Waals surface area contributed by atoms with Gasteiger partial charge in [-0.3, -0.25) is 9.59 Å². The highest BCUT2D eigenvalue weighted by Gasteiger charge is 2.41. The van der Waals surface area contributed by atoms with Crippen molar-refractivity contribution >= 4 is 11.6 Å². The van der Waals surface area contributed by atoms with Crippen LogP contribution in [0.3, 0.4) is 0 Å². The van der Waals surface area contributed by atoms with Crippen LogP contribution in [0, 0.1) is 5.92 Å². The van der Waals surface area contributed by atoms with Crippen LogP contribution in [0.4, 0.5) is 0 Å². The normalized spacial score (nSPS) is 23.3. The van der Waals surface area contributed by atoms with Crippen LogP contribution in [-0.4, -0.2) is 11.6 Å². The zero-order valence-electron chi connectivity index (χ0n) is 11.3. The summed E-state index contributed by atoms with van der Waals surface area (Å²) in [5.41, 5.74) is 1.18. The summed E-state index contributed by atoms with van der Waals surface area (Å²) in [6.07, 6.45) is 1.89. The summed E-state index contributed by atoms with van der Waals surface area (Å²) >= 11 is 0. The highest BCUT2D eigenvalue weighted by Crippen LogP contribution is 2.38. The van der Waals surface area contributed by atoms with Crippen molar-refractivity contribution in [2.75, 3.05) is 0 Å². The topological polar surface area (TPSA) is 34.1 Å².